The number of amides is 1. The van der Waals surface area contributed by atoms with Crippen molar-refractivity contribution in [2.24, 2.45) is 0 Å². The summed E-state index contributed by atoms with van der Waals surface area (Å²) in [4.78, 5) is 22.2. The molecule has 0 saturated heterocycles. The van der Waals surface area contributed by atoms with E-state index in [1.807, 2.05) is 13.8 Å². The molecule has 1 atom stereocenters. The quantitative estimate of drug-likeness (QED) is 0.704. The number of thioether (sulfide) groups is 1. The first kappa shape index (κ1) is 17.5. The van der Waals surface area contributed by atoms with Gasteiger partial charge in [0.15, 0.2) is 0 Å². The van der Waals surface area contributed by atoms with Crippen molar-refractivity contribution in [1.29, 1.82) is 0 Å². The van der Waals surface area contributed by atoms with Crippen LogP contribution in [-0.2, 0) is 20.1 Å². The second-order valence-corrected chi connectivity index (χ2v) is 5.54. The third-order valence-corrected chi connectivity index (χ3v) is 3.88. The summed E-state index contributed by atoms with van der Waals surface area (Å²) in [6, 6.07) is 0. The summed E-state index contributed by atoms with van der Waals surface area (Å²) in [5.74, 6) is 0.592. The van der Waals surface area contributed by atoms with Gasteiger partial charge in [0, 0.05) is 25.0 Å². The van der Waals surface area contributed by atoms with E-state index in [2.05, 4.69) is 10.5 Å². The molecule has 0 aliphatic rings. The van der Waals surface area contributed by atoms with E-state index in [-0.39, 0.29) is 24.6 Å². The van der Waals surface area contributed by atoms with Crippen molar-refractivity contribution in [3.63, 3.8) is 0 Å². The van der Waals surface area contributed by atoms with E-state index in [1.165, 1.54) is 18.9 Å². The van der Waals surface area contributed by atoms with E-state index in [4.69, 9.17) is 14.4 Å². The van der Waals surface area contributed by atoms with E-state index >= 15 is 0 Å². The number of nitrogens with zero attached hydrogens (tertiary/aromatic N) is 1. The maximum Gasteiger partial charge on any atom is 0.306 e. The van der Waals surface area contributed by atoms with Crippen LogP contribution in [0.4, 0.5) is 0 Å². The number of aromatic nitrogens is 1. The lowest BCUT2D eigenvalue weighted by Crippen LogP contribution is -2.35. The summed E-state index contributed by atoms with van der Waals surface area (Å²) < 4.78 is 10.0. The number of aryl methyl sites for hydroxylation is 2. The highest BCUT2D eigenvalue weighted by Gasteiger charge is 2.14. The first-order valence-corrected chi connectivity index (χ1v) is 7.60. The first-order chi connectivity index (χ1) is 9.93. The van der Waals surface area contributed by atoms with E-state index in [0.29, 0.717) is 5.75 Å². The van der Waals surface area contributed by atoms with Crippen LogP contribution >= 0.6 is 11.8 Å². The van der Waals surface area contributed by atoms with Crippen molar-refractivity contribution in [2.45, 2.75) is 32.1 Å². The minimum atomic E-state index is -0.955. The highest BCUT2D eigenvalue weighted by atomic mass is 32.2. The Morgan fingerprint density at radius 3 is 2.71 bits per heavy atom. The minimum absolute atomic E-state index is 0.136. The molecule has 21 heavy (non-hydrogen) atoms. The minimum Gasteiger partial charge on any atom is -0.481 e. The van der Waals surface area contributed by atoms with Crippen molar-refractivity contribution in [1.82, 2.24) is 10.5 Å². The topological polar surface area (TPSA) is 102 Å². The average molecular weight is 316 g/mol. The number of nitrogens with one attached hydrogen (secondary N) is 1. The largest absolute Gasteiger partial charge is 0.481 e. The molecule has 1 aromatic rings. The maximum atomic E-state index is 11.7. The van der Waals surface area contributed by atoms with Gasteiger partial charge in [-0.1, -0.05) is 5.16 Å². The van der Waals surface area contributed by atoms with Crippen molar-refractivity contribution in [3.05, 3.63) is 17.0 Å². The van der Waals surface area contributed by atoms with E-state index in [9.17, 15) is 9.59 Å². The molecular formula is C13H20N2O5S. The van der Waals surface area contributed by atoms with Crippen LogP contribution < -0.4 is 5.32 Å². The van der Waals surface area contributed by atoms with E-state index in [0.717, 1.165) is 17.0 Å². The molecule has 1 rings (SSSR count). The van der Waals surface area contributed by atoms with Crippen molar-refractivity contribution in [2.75, 3.05) is 19.4 Å². The summed E-state index contributed by atoms with van der Waals surface area (Å²) in [5.41, 5.74) is 1.84. The Morgan fingerprint density at radius 1 is 1.48 bits per heavy atom. The molecule has 0 bridgehead atoms. The predicted octanol–water partition coefficient (Wildman–Crippen LogP) is 1.13. The highest BCUT2D eigenvalue weighted by Crippen LogP contribution is 2.19. The fourth-order valence-electron chi connectivity index (χ4n) is 1.67. The SMILES string of the molecule is COC(CNC(=O)CSCc1c(C)noc1C)CC(=O)O. The lowest BCUT2D eigenvalue weighted by atomic mass is 10.2. The maximum absolute atomic E-state index is 11.7. The van der Waals surface area contributed by atoms with Crippen molar-refractivity contribution < 1.29 is 24.0 Å². The number of carbonyl (C=O) groups is 2. The van der Waals surface area contributed by atoms with Crippen LogP contribution in [0.5, 0.6) is 0 Å². The van der Waals surface area contributed by atoms with Gasteiger partial charge in [-0.15, -0.1) is 11.8 Å². The monoisotopic (exact) mass is 316 g/mol. The second-order valence-electron chi connectivity index (χ2n) is 4.56. The Kier molecular flexibility index (Phi) is 7.24. The molecule has 0 aromatic carbocycles. The second kappa shape index (κ2) is 8.68. The van der Waals surface area contributed by atoms with Gasteiger partial charge in [0.25, 0.3) is 0 Å². The van der Waals surface area contributed by atoms with Gasteiger partial charge in [0.1, 0.15) is 5.76 Å². The number of hydrogen-bond donors (Lipinski definition) is 2. The van der Waals surface area contributed by atoms with Crippen LogP contribution in [0.3, 0.4) is 0 Å². The van der Waals surface area contributed by atoms with Crippen LogP contribution in [-0.4, -0.2) is 47.7 Å². The van der Waals surface area contributed by atoms with E-state index in [1.54, 1.807) is 0 Å². The number of carbonyl (C=O) groups excluding carboxylic acids is 1. The third kappa shape index (κ3) is 6.17. The Bertz CT molecular complexity index is 469. The molecule has 1 aromatic heterocycles. The molecular weight excluding hydrogens is 296 g/mol. The number of hydrogen-bond acceptors (Lipinski definition) is 6. The molecule has 7 nitrogen and oxygen atoms in total. The van der Waals surface area contributed by atoms with Gasteiger partial charge < -0.3 is 19.7 Å². The number of rotatable bonds is 9. The fourth-order valence-corrected chi connectivity index (χ4v) is 2.67. The Balaban J connectivity index is 2.26. The number of ether oxygens (including phenoxy) is 1. The van der Waals surface area contributed by atoms with Gasteiger partial charge in [-0.2, -0.15) is 0 Å². The average Bonchev–Trinajstić information content (AvgIpc) is 2.74. The summed E-state index contributed by atoms with van der Waals surface area (Å²) in [5, 5.41) is 15.2. The zero-order valence-electron chi connectivity index (χ0n) is 12.3. The molecule has 0 aliphatic carbocycles. The van der Waals surface area contributed by atoms with Gasteiger partial charge in [-0.05, 0) is 13.8 Å². The summed E-state index contributed by atoms with van der Waals surface area (Å²) in [7, 11) is 1.42. The zero-order valence-corrected chi connectivity index (χ0v) is 13.2. The number of aliphatic carboxylic acids is 1. The molecule has 0 spiro atoms. The molecule has 2 N–H and O–H groups in total. The predicted molar refractivity (Wildman–Crippen MR) is 78.2 cm³/mol. The van der Waals surface area contributed by atoms with Crippen LogP contribution in [0.25, 0.3) is 0 Å². The highest BCUT2D eigenvalue weighted by molar-refractivity contribution is 7.99. The summed E-state index contributed by atoms with van der Waals surface area (Å²) in [6.45, 7) is 3.89. The molecule has 0 saturated carbocycles. The molecule has 0 fully saturated rings. The normalized spacial score (nSPS) is 12.1. The number of carboxylic acid groups (broad SMARTS) is 1. The van der Waals surface area contributed by atoms with Gasteiger partial charge in [-0.25, -0.2) is 0 Å². The third-order valence-electron chi connectivity index (χ3n) is 2.92. The molecule has 1 unspecified atom stereocenters. The molecule has 8 heteroatoms. The summed E-state index contributed by atoms with van der Waals surface area (Å²) in [6.07, 6.45) is -0.651. The van der Waals surface area contributed by atoms with Crippen LogP contribution in [0.15, 0.2) is 4.52 Å². The number of carboxylic acids is 1. The smallest absolute Gasteiger partial charge is 0.306 e. The lowest BCUT2D eigenvalue weighted by Gasteiger charge is -2.13. The van der Waals surface area contributed by atoms with Crippen molar-refractivity contribution in [3.8, 4) is 0 Å². The van der Waals surface area contributed by atoms with Crippen LogP contribution in [0.1, 0.15) is 23.4 Å². The molecule has 118 valence electrons. The van der Waals surface area contributed by atoms with Crippen LogP contribution in [0, 0.1) is 13.8 Å². The molecule has 0 aliphatic heterocycles. The molecule has 1 amide bonds. The lowest BCUT2D eigenvalue weighted by molar-refractivity contribution is -0.140. The van der Waals surface area contributed by atoms with Crippen LogP contribution in [0.2, 0.25) is 0 Å². The van der Waals surface area contributed by atoms with Gasteiger partial charge >= 0.3 is 5.97 Å². The summed E-state index contributed by atoms with van der Waals surface area (Å²) >= 11 is 1.45. The Labute approximate surface area is 127 Å². The first-order valence-electron chi connectivity index (χ1n) is 6.44. The zero-order chi connectivity index (χ0) is 15.8. The van der Waals surface area contributed by atoms with Gasteiger partial charge in [0.2, 0.25) is 5.91 Å². The Hall–Kier alpha value is -1.54. The molecule has 1 heterocycles. The molecule has 0 radical (unpaired) electrons. The fraction of sp³-hybridized carbons (Fsp3) is 0.615. The number of methoxy groups -OCH3 is 1. The Morgan fingerprint density at radius 2 is 2.19 bits per heavy atom. The van der Waals surface area contributed by atoms with Crippen molar-refractivity contribution >= 4 is 23.6 Å². The standard InChI is InChI=1S/C13H20N2O5S/c1-8-11(9(2)20-15-8)6-21-7-12(16)14-5-10(19-3)4-13(17)18/h10H,4-7H2,1-3H3,(H,14,16)(H,17,18). The van der Waals surface area contributed by atoms with Gasteiger partial charge in [0.05, 0.1) is 24.0 Å². The van der Waals surface area contributed by atoms with Gasteiger partial charge in [-0.3, -0.25) is 9.59 Å². The van der Waals surface area contributed by atoms with E-state index < -0.39 is 12.1 Å².